The third-order valence-corrected chi connectivity index (χ3v) is 10.3. The van der Waals surface area contributed by atoms with E-state index in [0.717, 1.165) is 22.5 Å². The zero-order chi connectivity index (χ0) is 39.6. The van der Waals surface area contributed by atoms with Crippen molar-refractivity contribution in [1.82, 2.24) is 25.1 Å². The second-order valence-corrected chi connectivity index (χ2v) is 14.2. The van der Waals surface area contributed by atoms with Gasteiger partial charge in [0.05, 0.1) is 46.9 Å². The van der Waals surface area contributed by atoms with Crippen molar-refractivity contribution >= 4 is 23.5 Å². The molecule has 1 unspecified atom stereocenters. The SMILES string of the molecule is Cc1cc2c(c(C)c1C(F)(F)F)N(CC1CC1)CCCC2N(Cc1cc(C(F)(F)F)cc(C(F)(F)F)c1)c1nnn(CCN2C(=O)c3ccccc3C2=O)n1. The lowest BCUT2D eigenvalue weighted by Crippen LogP contribution is -2.33. The van der Waals surface area contributed by atoms with Crippen LogP contribution in [0.3, 0.4) is 0 Å². The molecule has 1 atom stereocenters. The first kappa shape index (κ1) is 38.1. The number of carbonyl (C=O) groups is 2. The summed E-state index contributed by atoms with van der Waals surface area (Å²) in [6, 6.07) is 7.90. The number of anilines is 2. The highest BCUT2D eigenvalue weighted by Gasteiger charge is 2.42. The van der Waals surface area contributed by atoms with Crippen molar-refractivity contribution in [3.05, 3.63) is 98.6 Å². The molecule has 0 N–H and O–H groups in total. The molecule has 0 saturated heterocycles. The number of fused-ring (bicyclic) bond motifs is 2. The summed E-state index contributed by atoms with van der Waals surface area (Å²) >= 11 is 0. The van der Waals surface area contributed by atoms with Gasteiger partial charge in [0.1, 0.15) is 0 Å². The van der Waals surface area contributed by atoms with E-state index >= 15 is 0 Å². The van der Waals surface area contributed by atoms with E-state index in [0.29, 0.717) is 42.9 Å². The number of hydrogen-bond acceptors (Lipinski definition) is 7. The molecule has 1 saturated carbocycles. The maximum atomic E-state index is 14.5. The molecule has 1 fully saturated rings. The monoisotopic (exact) mass is 779 g/mol. The van der Waals surface area contributed by atoms with Crippen molar-refractivity contribution in [3.8, 4) is 0 Å². The quantitative estimate of drug-likeness (QED) is 0.125. The fourth-order valence-electron chi connectivity index (χ4n) is 7.68. The number of alkyl halides is 9. The largest absolute Gasteiger partial charge is 0.416 e. The van der Waals surface area contributed by atoms with Crippen LogP contribution in [0.4, 0.5) is 51.1 Å². The predicted octanol–water partition coefficient (Wildman–Crippen LogP) is 8.40. The third kappa shape index (κ3) is 7.59. The molecule has 1 aromatic heterocycles. The fraction of sp³-hybridized carbons (Fsp3) is 0.432. The van der Waals surface area contributed by atoms with Crippen molar-refractivity contribution < 1.29 is 49.1 Å². The standard InChI is InChI=1S/C37H34F9N7O2/c1-20-14-28-29(8-5-11-50(18-22-9-10-22)31(28)21(2)30(20)37(44,45)46)52(19-23-15-24(35(38,39)40)17-25(16-23)36(41,42)43)34-47-49-53(48-34)13-12-51-32(54)26-6-3-4-7-27(26)33(51)55/h3-4,6-7,14-17,22,29H,5,8-13,18-19H2,1-2H3. The van der Waals surface area contributed by atoms with Gasteiger partial charge in [0.15, 0.2) is 0 Å². The molecule has 3 aromatic carbocycles. The van der Waals surface area contributed by atoms with Gasteiger partial charge < -0.3 is 9.80 Å². The maximum absolute atomic E-state index is 14.5. The van der Waals surface area contributed by atoms with Gasteiger partial charge in [-0.2, -0.15) is 44.3 Å². The lowest BCUT2D eigenvalue weighted by molar-refractivity contribution is -0.143. The van der Waals surface area contributed by atoms with Gasteiger partial charge in [0.2, 0.25) is 0 Å². The number of tetrazole rings is 1. The number of hydrogen-bond donors (Lipinski definition) is 0. The van der Waals surface area contributed by atoms with E-state index in [1.807, 2.05) is 4.90 Å². The van der Waals surface area contributed by atoms with Crippen LogP contribution in [0.25, 0.3) is 0 Å². The van der Waals surface area contributed by atoms with E-state index in [2.05, 4.69) is 15.4 Å². The van der Waals surface area contributed by atoms with E-state index < -0.39 is 65.2 Å². The summed E-state index contributed by atoms with van der Waals surface area (Å²) in [7, 11) is 0. The van der Waals surface area contributed by atoms with Gasteiger partial charge in [-0.3, -0.25) is 14.5 Å². The van der Waals surface area contributed by atoms with Crippen LogP contribution < -0.4 is 9.80 Å². The van der Waals surface area contributed by atoms with Crippen LogP contribution >= 0.6 is 0 Å². The highest BCUT2D eigenvalue weighted by Crippen LogP contribution is 2.47. The molecule has 3 heterocycles. The summed E-state index contributed by atoms with van der Waals surface area (Å²) in [5, 5.41) is 12.6. The Bertz CT molecular complexity index is 2070. The second-order valence-electron chi connectivity index (χ2n) is 14.2. The Morgan fingerprint density at radius 3 is 1.98 bits per heavy atom. The summed E-state index contributed by atoms with van der Waals surface area (Å²) < 4.78 is 127. The zero-order valence-corrected chi connectivity index (χ0v) is 29.5. The first-order valence-corrected chi connectivity index (χ1v) is 17.6. The van der Waals surface area contributed by atoms with Crippen molar-refractivity contribution in [2.75, 3.05) is 29.4 Å². The van der Waals surface area contributed by atoms with E-state index in [9.17, 15) is 49.1 Å². The molecule has 9 nitrogen and oxygen atoms in total. The van der Waals surface area contributed by atoms with Gasteiger partial charge in [-0.15, -0.1) is 5.10 Å². The lowest BCUT2D eigenvalue weighted by atomic mass is 9.90. The molecule has 0 radical (unpaired) electrons. The minimum atomic E-state index is -5.13. The van der Waals surface area contributed by atoms with Gasteiger partial charge >= 0.3 is 18.5 Å². The number of halogens is 9. The smallest absolute Gasteiger partial charge is 0.371 e. The Kier molecular flexibility index (Phi) is 9.60. The number of nitrogens with zero attached hydrogens (tertiary/aromatic N) is 7. The molecular formula is C37H34F9N7O2. The van der Waals surface area contributed by atoms with Crippen molar-refractivity contribution in [2.45, 2.75) is 77.2 Å². The first-order chi connectivity index (χ1) is 25.8. The molecule has 7 rings (SSSR count). The Labute approximate surface area is 308 Å². The van der Waals surface area contributed by atoms with E-state index in [4.69, 9.17) is 0 Å². The molecule has 292 valence electrons. The van der Waals surface area contributed by atoms with Crippen LogP contribution in [-0.2, 0) is 31.6 Å². The molecule has 3 aliphatic rings. The summed E-state index contributed by atoms with van der Waals surface area (Å²) in [6.07, 6.45) is -12.5. The summed E-state index contributed by atoms with van der Waals surface area (Å²) in [6.45, 7) is 2.56. The van der Waals surface area contributed by atoms with Crippen LogP contribution in [0, 0.1) is 19.8 Å². The van der Waals surface area contributed by atoms with E-state index in [1.54, 1.807) is 12.1 Å². The summed E-state index contributed by atoms with van der Waals surface area (Å²) in [4.78, 5) is 31.2. The normalized spacial score (nSPS) is 17.8. The van der Waals surface area contributed by atoms with Gasteiger partial charge in [-0.05, 0) is 103 Å². The molecular weight excluding hydrogens is 745 g/mol. The van der Waals surface area contributed by atoms with E-state index in [-0.39, 0.29) is 59.7 Å². The van der Waals surface area contributed by atoms with E-state index in [1.165, 1.54) is 36.9 Å². The zero-order valence-electron chi connectivity index (χ0n) is 29.5. The highest BCUT2D eigenvalue weighted by molar-refractivity contribution is 6.21. The topological polar surface area (TPSA) is 87.5 Å². The van der Waals surface area contributed by atoms with Crippen LogP contribution in [-0.4, -0.2) is 56.6 Å². The number of rotatable bonds is 9. The number of imide groups is 1. The molecule has 0 spiro atoms. The molecule has 2 aliphatic heterocycles. The number of amides is 2. The Hall–Kier alpha value is -5.16. The number of benzene rings is 3. The first-order valence-electron chi connectivity index (χ1n) is 17.6. The lowest BCUT2D eigenvalue weighted by Gasteiger charge is -2.34. The molecule has 18 heteroatoms. The molecule has 1 aliphatic carbocycles. The van der Waals surface area contributed by atoms with Crippen LogP contribution in [0.2, 0.25) is 0 Å². The molecule has 55 heavy (non-hydrogen) atoms. The van der Waals surface area contributed by atoms with Gasteiger partial charge in [-0.1, -0.05) is 23.3 Å². The summed E-state index contributed by atoms with van der Waals surface area (Å²) in [5.74, 6) is -1.04. The number of carbonyl (C=O) groups excluding carboxylic acids is 2. The van der Waals surface area contributed by atoms with Crippen molar-refractivity contribution in [1.29, 1.82) is 0 Å². The molecule has 0 bridgehead atoms. The van der Waals surface area contributed by atoms with Gasteiger partial charge in [0, 0.05) is 25.3 Å². The number of aryl methyl sites for hydroxylation is 1. The summed E-state index contributed by atoms with van der Waals surface area (Å²) in [5.41, 5.74) is -3.29. The fourth-order valence-corrected chi connectivity index (χ4v) is 7.68. The highest BCUT2D eigenvalue weighted by atomic mass is 19.4. The minimum Gasteiger partial charge on any atom is -0.371 e. The minimum absolute atomic E-state index is 0.0175. The Morgan fingerprint density at radius 1 is 0.800 bits per heavy atom. The number of aromatic nitrogens is 4. The average molecular weight is 780 g/mol. The second kappa shape index (κ2) is 13.8. The third-order valence-electron chi connectivity index (χ3n) is 10.3. The van der Waals surface area contributed by atoms with Gasteiger partial charge in [-0.25, -0.2) is 0 Å². The Balaban J connectivity index is 1.31. The van der Waals surface area contributed by atoms with Crippen LogP contribution in [0.15, 0.2) is 48.5 Å². The average Bonchev–Trinajstić information content (AvgIpc) is 3.78. The van der Waals surface area contributed by atoms with Crippen molar-refractivity contribution in [2.24, 2.45) is 5.92 Å². The maximum Gasteiger partial charge on any atom is 0.416 e. The van der Waals surface area contributed by atoms with Crippen LogP contribution in [0.1, 0.15) is 91.4 Å². The van der Waals surface area contributed by atoms with Gasteiger partial charge in [0.25, 0.3) is 17.8 Å². The Morgan fingerprint density at radius 2 is 1.42 bits per heavy atom. The molecule has 4 aromatic rings. The van der Waals surface area contributed by atoms with Crippen molar-refractivity contribution in [3.63, 3.8) is 0 Å². The molecule has 2 amide bonds. The van der Waals surface area contributed by atoms with Crippen LogP contribution in [0.5, 0.6) is 0 Å². The predicted molar refractivity (Wildman–Crippen MR) is 180 cm³/mol.